The van der Waals surface area contributed by atoms with E-state index in [1.54, 1.807) is 30.6 Å². The van der Waals surface area contributed by atoms with Crippen LogP contribution in [0.5, 0.6) is 0 Å². The van der Waals surface area contributed by atoms with Gasteiger partial charge in [0.2, 0.25) is 5.91 Å². The van der Waals surface area contributed by atoms with Gasteiger partial charge in [-0.1, -0.05) is 24.3 Å². The van der Waals surface area contributed by atoms with Crippen molar-refractivity contribution in [3.63, 3.8) is 0 Å². The Bertz CT molecular complexity index is 1510. The van der Waals surface area contributed by atoms with E-state index in [2.05, 4.69) is 10.3 Å². The number of alkyl halides is 3. The molecule has 0 unspecified atom stereocenters. The number of pyridine rings is 1. The molecule has 1 fully saturated rings. The molecule has 39 heavy (non-hydrogen) atoms. The summed E-state index contributed by atoms with van der Waals surface area (Å²) in [6.07, 6.45) is 0.266. The van der Waals surface area contributed by atoms with Gasteiger partial charge in [-0.25, -0.2) is 4.79 Å². The van der Waals surface area contributed by atoms with Crippen molar-refractivity contribution < 1.29 is 27.9 Å². The van der Waals surface area contributed by atoms with E-state index in [1.807, 2.05) is 29.2 Å². The normalized spacial score (nSPS) is 14.4. The number of aromatic carboxylic acids is 1. The Morgan fingerprint density at radius 3 is 2.41 bits per heavy atom. The molecule has 200 valence electrons. The quantitative estimate of drug-likeness (QED) is 0.311. The number of carboxylic acid groups (broad SMARTS) is 1. The average Bonchev–Trinajstić information content (AvgIpc) is 2.95. The van der Waals surface area contributed by atoms with Crippen LogP contribution in [0.1, 0.15) is 34.3 Å². The number of aromatic nitrogens is 1. The molecule has 1 amide bonds. The maximum Gasteiger partial charge on any atom is 0.416 e. The lowest BCUT2D eigenvalue weighted by Gasteiger charge is -2.33. The van der Waals surface area contributed by atoms with E-state index in [4.69, 9.17) is 0 Å². The number of carbonyl (C=O) groups excluding carboxylic acids is 1. The van der Waals surface area contributed by atoms with Crippen molar-refractivity contribution in [3.8, 4) is 11.1 Å². The Morgan fingerprint density at radius 1 is 0.974 bits per heavy atom. The molecule has 0 atom stereocenters. The highest BCUT2D eigenvalue weighted by Crippen LogP contribution is 2.33. The smallest absolute Gasteiger partial charge is 0.416 e. The number of fused-ring (bicyclic) bond motifs is 1. The van der Waals surface area contributed by atoms with Crippen molar-refractivity contribution in [2.24, 2.45) is 5.92 Å². The topological polar surface area (TPSA) is 82.5 Å². The van der Waals surface area contributed by atoms with E-state index in [9.17, 15) is 27.9 Å². The van der Waals surface area contributed by atoms with Crippen LogP contribution in [0.15, 0.2) is 79.1 Å². The highest BCUT2D eigenvalue weighted by atomic mass is 19.4. The van der Waals surface area contributed by atoms with Gasteiger partial charge in [0.1, 0.15) is 0 Å². The van der Waals surface area contributed by atoms with Gasteiger partial charge in [-0.15, -0.1) is 0 Å². The lowest BCUT2D eigenvalue weighted by Crippen LogP contribution is -2.40. The van der Waals surface area contributed by atoms with Gasteiger partial charge in [-0.2, -0.15) is 13.2 Å². The highest BCUT2D eigenvalue weighted by molar-refractivity contribution is 5.99. The van der Waals surface area contributed by atoms with E-state index in [-0.39, 0.29) is 17.4 Å². The van der Waals surface area contributed by atoms with Gasteiger partial charge in [-0.3, -0.25) is 9.78 Å². The summed E-state index contributed by atoms with van der Waals surface area (Å²) in [7, 11) is 0. The van der Waals surface area contributed by atoms with E-state index in [0.717, 1.165) is 45.3 Å². The summed E-state index contributed by atoms with van der Waals surface area (Å²) in [6.45, 7) is 1.48. The second-order valence-corrected chi connectivity index (χ2v) is 9.60. The van der Waals surface area contributed by atoms with Crippen molar-refractivity contribution in [2.45, 2.75) is 25.6 Å². The molecule has 1 aromatic heterocycles. The van der Waals surface area contributed by atoms with E-state index in [1.165, 1.54) is 12.1 Å². The molecule has 0 spiro atoms. The fourth-order valence-electron chi connectivity index (χ4n) is 5.06. The molecule has 2 N–H and O–H groups in total. The number of piperidine rings is 1. The number of benzene rings is 3. The van der Waals surface area contributed by atoms with Crippen molar-refractivity contribution in [1.29, 1.82) is 0 Å². The first-order valence-corrected chi connectivity index (χ1v) is 12.6. The van der Waals surface area contributed by atoms with Crippen molar-refractivity contribution in [1.82, 2.24) is 10.3 Å². The Kier molecular flexibility index (Phi) is 7.24. The molecule has 0 saturated carbocycles. The Labute approximate surface area is 223 Å². The summed E-state index contributed by atoms with van der Waals surface area (Å²) < 4.78 is 38.5. The number of nitrogens with zero attached hydrogens (tertiary/aromatic N) is 2. The van der Waals surface area contributed by atoms with Crippen molar-refractivity contribution in [2.75, 3.05) is 18.0 Å². The van der Waals surface area contributed by atoms with Crippen LogP contribution >= 0.6 is 0 Å². The summed E-state index contributed by atoms with van der Waals surface area (Å²) in [4.78, 5) is 30.6. The van der Waals surface area contributed by atoms with Crippen LogP contribution in [0.4, 0.5) is 18.9 Å². The molecule has 3 aromatic carbocycles. The number of anilines is 1. The number of hydrogen-bond donors (Lipinski definition) is 2. The number of nitrogens with one attached hydrogen (secondary N) is 1. The maximum atomic E-state index is 13.0. The predicted octanol–water partition coefficient (Wildman–Crippen LogP) is 6.15. The van der Waals surface area contributed by atoms with E-state index >= 15 is 0 Å². The third-order valence-electron chi connectivity index (χ3n) is 7.21. The second kappa shape index (κ2) is 10.8. The molecule has 1 saturated heterocycles. The molecular formula is C30H26F3N3O3. The highest BCUT2D eigenvalue weighted by Gasteiger charge is 2.31. The zero-order valence-electron chi connectivity index (χ0n) is 20.9. The van der Waals surface area contributed by atoms with Crippen LogP contribution in [0, 0.1) is 5.92 Å². The minimum Gasteiger partial charge on any atom is -0.478 e. The number of carboxylic acids is 1. The number of carbonyl (C=O) groups is 2. The Balaban J connectivity index is 1.24. The first kappa shape index (κ1) is 26.2. The van der Waals surface area contributed by atoms with Crippen molar-refractivity contribution >= 4 is 28.3 Å². The summed E-state index contributed by atoms with van der Waals surface area (Å²) in [6, 6.07) is 17.6. The summed E-state index contributed by atoms with van der Waals surface area (Å²) in [5.74, 6) is -1.23. The monoisotopic (exact) mass is 533 g/mol. The first-order chi connectivity index (χ1) is 18.7. The molecular weight excluding hydrogens is 507 g/mol. The summed E-state index contributed by atoms with van der Waals surface area (Å²) in [5, 5.41) is 14.2. The lowest BCUT2D eigenvalue weighted by molar-refractivity contribution is -0.137. The first-order valence-electron chi connectivity index (χ1n) is 12.6. The van der Waals surface area contributed by atoms with Crippen LogP contribution < -0.4 is 10.2 Å². The molecule has 1 aliphatic heterocycles. The zero-order chi connectivity index (χ0) is 27.6. The van der Waals surface area contributed by atoms with Gasteiger partial charge in [-0.05, 0) is 77.4 Å². The third-order valence-corrected chi connectivity index (χ3v) is 7.21. The van der Waals surface area contributed by atoms with Crippen LogP contribution in [-0.2, 0) is 17.5 Å². The molecule has 6 nitrogen and oxygen atoms in total. The van der Waals surface area contributed by atoms with E-state index < -0.39 is 17.7 Å². The molecule has 0 aliphatic carbocycles. The van der Waals surface area contributed by atoms with Crippen molar-refractivity contribution in [3.05, 3.63) is 95.8 Å². The molecule has 1 aliphatic rings. The SMILES string of the molecule is O=C(O)c1cccc(-c2ccc(CNC(=O)C3CCN(c4ccc(C(F)(F)F)cc4)CC3)c3cnccc23)c1. The molecule has 2 heterocycles. The standard InChI is InChI=1S/C30H26F3N3O3/c31-30(32,33)23-5-7-24(8-6-23)36-14-11-19(12-15-36)28(37)35-17-22-4-9-25(26-10-13-34-18-27(22)26)20-2-1-3-21(16-20)29(38)39/h1-10,13,16,18-19H,11-12,14-15,17H2,(H,35,37)(H,38,39). The average molecular weight is 534 g/mol. The minimum absolute atomic E-state index is 0.0580. The fraction of sp³-hybridized carbons (Fsp3) is 0.233. The molecule has 9 heteroatoms. The Morgan fingerprint density at radius 2 is 1.72 bits per heavy atom. The maximum absolute atomic E-state index is 13.0. The Hall–Kier alpha value is -4.40. The minimum atomic E-state index is -4.36. The van der Waals surface area contributed by atoms with Crippen LogP contribution in [0.2, 0.25) is 0 Å². The molecule has 0 radical (unpaired) electrons. The summed E-state index contributed by atoms with van der Waals surface area (Å²) in [5.41, 5.74) is 2.80. The van der Waals surface area contributed by atoms with E-state index in [0.29, 0.717) is 32.5 Å². The van der Waals surface area contributed by atoms with Crippen LogP contribution in [0.25, 0.3) is 21.9 Å². The van der Waals surface area contributed by atoms with Gasteiger partial charge in [0.25, 0.3) is 0 Å². The molecule has 0 bridgehead atoms. The zero-order valence-corrected chi connectivity index (χ0v) is 20.9. The largest absolute Gasteiger partial charge is 0.478 e. The second-order valence-electron chi connectivity index (χ2n) is 9.60. The number of rotatable bonds is 6. The van der Waals surface area contributed by atoms with Crippen LogP contribution in [-0.4, -0.2) is 35.1 Å². The van der Waals surface area contributed by atoms with Gasteiger partial charge in [0.05, 0.1) is 11.1 Å². The van der Waals surface area contributed by atoms with Crippen LogP contribution in [0.3, 0.4) is 0 Å². The third kappa shape index (κ3) is 5.72. The molecule has 4 aromatic rings. The van der Waals surface area contributed by atoms with Gasteiger partial charge < -0.3 is 15.3 Å². The number of amides is 1. The number of halogens is 3. The van der Waals surface area contributed by atoms with Gasteiger partial charge in [0.15, 0.2) is 0 Å². The lowest BCUT2D eigenvalue weighted by atomic mass is 9.94. The van der Waals surface area contributed by atoms with Gasteiger partial charge in [0, 0.05) is 49.0 Å². The number of hydrogen-bond acceptors (Lipinski definition) is 4. The molecule has 5 rings (SSSR count). The summed E-state index contributed by atoms with van der Waals surface area (Å²) >= 11 is 0. The predicted molar refractivity (Wildman–Crippen MR) is 142 cm³/mol. The van der Waals surface area contributed by atoms with Gasteiger partial charge >= 0.3 is 12.1 Å². The fourth-order valence-corrected chi connectivity index (χ4v) is 5.06.